The summed E-state index contributed by atoms with van der Waals surface area (Å²) in [6.07, 6.45) is 0.127. The molecule has 0 bridgehead atoms. The highest BCUT2D eigenvalue weighted by molar-refractivity contribution is 6.36. The van der Waals surface area contributed by atoms with Gasteiger partial charge in [-0.15, -0.1) is 0 Å². The van der Waals surface area contributed by atoms with Gasteiger partial charge >= 0.3 is 0 Å². The molecule has 0 saturated heterocycles. The van der Waals surface area contributed by atoms with E-state index >= 15 is 0 Å². The van der Waals surface area contributed by atoms with Crippen molar-refractivity contribution in [2.45, 2.75) is 6.42 Å². The summed E-state index contributed by atoms with van der Waals surface area (Å²) in [5.74, 6) is 0. The van der Waals surface area contributed by atoms with Crippen LogP contribution in [0.25, 0.3) is 11.1 Å². The molecule has 0 saturated carbocycles. The number of nitriles is 4. The fourth-order valence-electron chi connectivity index (χ4n) is 2.24. The molecule has 98 valence electrons. The van der Waals surface area contributed by atoms with Gasteiger partial charge in [0.2, 0.25) is 0 Å². The standard InChI is InChI=1S/C15H4Cl2N4/c16-10-1-13-11(8(4-18)5-19)3-12(9(6-20)7-21)15(13)14(17)2-10/h1-2H,3H2. The third kappa shape index (κ3) is 2.35. The predicted molar refractivity (Wildman–Crippen MR) is 77.4 cm³/mol. The van der Waals surface area contributed by atoms with Crippen LogP contribution in [0.5, 0.6) is 0 Å². The summed E-state index contributed by atoms with van der Waals surface area (Å²) < 4.78 is 0. The van der Waals surface area contributed by atoms with Gasteiger partial charge < -0.3 is 0 Å². The highest BCUT2D eigenvalue weighted by atomic mass is 35.5. The Bertz CT molecular complexity index is 848. The molecule has 0 radical (unpaired) electrons. The number of allylic oxidation sites excluding steroid dienone is 4. The minimum absolute atomic E-state index is 0.0835. The fourth-order valence-corrected chi connectivity index (χ4v) is 2.84. The zero-order chi connectivity index (χ0) is 15.6. The third-order valence-corrected chi connectivity index (χ3v) is 3.60. The van der Waals surface area contributed by atoms with E-state index in [1.54, 1.807) is 6.07 Å². The molecule has 0 spiro atoms. The van der Waals surface area contributed by atoms with Crippen molar-refractivity contribution in [3.63, 3.8) is 0 Å². The second-order valence-corrected chi connectivity index (χ2v) is 4.98. The van der Waals surface area contributed by atoms with Gasteiger partial charge in [0, 0.05) is 17.0 Å². The van der Waals surface area contributed by atoms with Crippen LogP contribution in [0.15, 0.2) is 23.3 Å². The Kier molecular flexibility index (Phi) is 3.98. The molecule has 4 nitrogen and oxygen atoms in total. The van der Waals surface area contributed by atoms with Gasteiger partial charge in [-0.25, -0.2) is 0 Å². The Hall–Kier alpha value is -2.76. The SMILES string of the molecule is N#CC(C#N)=C1CC(=C(C#N)C#N)c2c(Cl)cc(Cl)cc21. The Morgan fingerprint density at radius 1 is 0.857 bits per heavy atom. The van der Waals surface area contributed by atoms with Crippen molar-refractivity contribution < 1.29 is 0 Å². The minimum Gasteiger partial charge on any atom is -0.192 e. The molecule has 0 amide bonds. The van der Waals surface area contributed by atoms with Crippen LogP contribution in [0.4, 0.5) is 0 Å². The van der Waals surface area contributed by atoms with Crippen LogP contribution in [-0.2, 0) is 0 Å². The first-order valence-electron chi connectivity index (χ1n) is 5.63. The summed E-state index contributed by atoms with van der Waals surface area (Å²) in [6, 6.07) is 10.3. The number of halogens is 2. The normalized spacial score (nSPS) is 11.7. The first-order chi connectivity index (χ1) is 10.1. The lowest BCUT2D eigenvalue weighted by atomic mass is 10.0. The smallest absolute Gasteiger partial charge is 0.133 e. The molecule has 0 fully saturated rings. The van der Waals surface area contributed by atoms with E-state index in [-0.39, 0.29) is 22.6 Å². The van der Waals surface area contributed by atoms with Crippen LogP contribution in [0.3, 0.4) is 0 Å². The molecule has 6 heteroatoms. The summed E-state index contributed by atoms with van der Waals surface area (Å²) in [5.41, 5.74) is 1.67. The monoisotopic (exact) mass is 310 g/mol. The van der Waals surface area contributed by atoms with Gasteiger partial charge in [0.1, 0.15) is 35.4 Å². The van der Waals surface area contributed by atoms with E-state index in [9.17, 15) is 0 Å². The number of rotatable bonds is 0. The first kappa shape index (κ1) is 14.6. The highest BCUT2D eigenvalue weighted by Gasteiger charge is 2.29. The quantitative estimate of drug-likeness (QED) is 0.676. The van der Waals surface area contributed by atoms with E-state index in [0.29, 0.717) is 27.3 Å². The number of hydrogen-bond acceptors (Lipinski definition) is 4. The molecule has 1 aliphatic rings. The van der Waals surface area contributed by atoms with Crippen LogP contribution >= 0.6 is 23.2 Å². The fraction of sp³-hybridized carbons (Fsp3) is 0.0667. The average Bonchev–Trinajstić information content (AvgIpc) is 2.82. The predicted octanol–water partition coefficient (Wildman–Crippen LogP) is 4.00. The van der Waals surface area contributed by atoms with Crippen LogP contribution in [0, 0.1) is 45.3 Å². The van der Waals surface area contributed by atoms with E-state index in [4.69, 9.17) is 44.2 Å². The van der Waals surface area contributed by atoms with Crippen LogP contribution in [0.1, 0.15) is 17.5 Å². The Morgan fingerprint density at radius 2 is 1.38 bits per heavy atom. The molecule has 0 atom stereocenters. The molecule has 1 aromatic carbocycles. The van der Waals surface area contributed by atoms with Crippen molar-refractivity contribution in [2.75, 3.05) is 0 Å². The van der Waals surface area contributed by atoms with Crippen molar-refractivity contribution in [1.29, 1.82) is 21.0 Å². The van der Waals surface area contributed by atoms with Gasteiger partial charge in [0.15, 0.2) is 0 Å². The van der Waals surface area contributed by atoms with Crippen molar-refractivity contribution in [1.82, 2.24) is 0 Å². The maximum absolute atomic E-state index is 9.05. The lowest BCUT2D eigenvalue weighted by Crippen LogP contribution is -1.87. The van der Waals surface area contributed by atoms with E-state index in [2.05, 4.69) is 0 Å². The van der Waals surface area contributed by atoms with Crippen molar-refractivity contribution >= 4 is 34.3 Å². The average molecular weight is 311 g/mol. The molecule has 1 aromatic rings. The van der Waals surface area contributed by atoms with Gasteiger partial charge in [0.05, 0.1) is 5.02 Å². The second-order valence-electron chi connectivity index (χ2n) is 4.14. The van der Waals surface area contributed by atoms with E-state index in [1.165, 1.54) is 6.07 Å². The molecule has 0 heterocycles. The molecule has 21 heavy (non-hydrogen) atoms. The Labute approximate surface area is 131 Å². The van der Waals surface area contributed by atoms with Gasteiger partial charge in [-0.1, -0.05) is 23.2 Å². The zero-order valence-electron chi connectivity index (χ0n) is 10.4. The van der Waals surface area contributed by atoms with E-state index in [1.807, 2.05) is 24.3 Å². The van der Waals surface area contributed by atoms with Gasteiger partial charge in [-0.05, 0) is 28.8 Å². The zero-order valence-corrected chi connectivity index (χ0v) is 11.9. The minimum atomic E-state index is -0.0919. The molecule has 2 rings (SSSR count). The van der Waals surface area contributed by atoms with Crippen LogP contribution in [0.2, 0.25) is 10.0 Å². The maximum atomic E-state index is 9.05. The highest BCUT2D eigenvalue weighted by Crippen LogP contribution is 2.47. The van der Waals surface area contributed by atoms with Crippen LogP contribution < -0.4 is 0 Å². The molecular weight excluding hydrogens is 307 g/mol. The lowest BCUT2D eigenvalue weighted by molar-refractivity contribution is 1.41. The molecular formula is C15H4Cl2N4. The lowest BCUT2D eigenvalue weighted by Gasteiger charge is -2.05. The number of benzene rings is 1. The van der Waals surface area contributed by atoms with Crippen molar-refractivity contribution in [2.24, 2.45) is 0 Å². The van der Waals surface area contributed by atoms with E-state index in [0.717, 1.165) is 0 Å². The van der Waals surface area contributed by atoms with Gasteiger partial charge in [0.25, 0.3) is 0 Å². The van der Waals surface area contributed by atoms with Crippen molar-refractivity contribution in [3.05, 3.63) is 44.5 Å². The van der Waals surface area contributed by atoms with Crippen LogP contribution in [-0.4, -0.2) is 0 Å². The van der Waals surface area contributed by atoms with Gasteiger partial charge in [-0.3, -0.25) is 0 Å². The Balaban J connectivity index is 2.95. The molecule has 0 unspecified atom stereocenters. The largest absolute Gasteiger partial charge is 0.192 e. The second kappa shape index (κ2) is 5.70. The molecule has 1 aliphatic carbocycles. The van der Waals surface area contributed by atoms with Crippen molar-refractivity contribution in [3.8, 4) is 24.3 Å². The molecule has 0 aromatic heterocycles. The number of nitrogens with zero attached hydrogens (tertiary/aromatic N) is 4. The summed E-state index contributed by atoms with van der Waals surface area (Å²) >= 11 is 12.1. The summed E-state index contributed by atoms with van der Waals surface area (Å²) in [5, 5.41) is 36.8. The molecule has 0 aliphatic heterocycles. The Morgan fingerprint density at radius 3 is 1.90 bits per heavy atom. The molecule has 0 N–H and O–H groups in total. The van der Waals surface area contributed by atoms with Gasteiger partial charge in [-0.2, -0.15) is 21.0 Å². The number of fused-ring (bicyclic) bond motifs is 1. The third-order valence-electron chi connectivity index (χ3n) is 3.09. The summed E-state index contributed by atoms with van der Waals surface area (Å²) in [4.78, 5) is 0. The summed E-state index contributed by atoms with van der Waals surface area (Å²) in [6.45, 7) is 0. The summed E-state index contributed by atoms with van der Waals surface area (Å²) in [7, 11) is 0. The first-order valence-corrected chi connectivity index (χ1v) is 6.39. The van der Waals surface area contributed by atoms with E-state index < -0.39 is 0 Å². The number of hydrogen-bond donors (Lipinski definition) is 0. The topological polar surface area (TPSA) is 95.2 Å². The maximum Gasteiger partial charge on any atom is 0.133 e.